The molecule has 0 aliphatic rings. The summed E-state index contributed by atoms with van der Waals surface area (Å²) >= 11 is 0. The fourth-order valence-electron chi connectivity index (χ4n) is 0.748. The lowest BCUT2D eigenvalue weighted by Crippen LogP contribution is -2.35. The molecule has 0 aromatic carbocycles. The molecular formula is C10H16O4. The van der Waals surface area contributed by atoms with Crippen LogP contribution in [0.3, 0.4) is 0 Å². The van der Waals surface area contributed by atoms with Gasteiger partial charge in [-0.1, -0.05) is 20.4 Å². The minimum absolute atomic E-state index is 0.210. The largest absolute Gasteiger partial charge is 0.467 e. The Balaban J connectivity index is 4.18. The van der Waals surface area contributed by atoms with Gasteiger partial charge in [-0.25, -0.2) is 4.79 Å². The summed E-state index contributed by atoms with van der Waals surface area (Å²) < 4.78 is 9.65. The fraction of sp³-hybridized carbons (Fsp3) is 0.600. The Hall–Kier alpha value is -1.32. The topological polar surface area (TPSA) is 52.6 Å². The molecule has 0 radical (unpaired) electrons. The molecule has 0 amide bonds. The van der Waals surface area contributed by atoms with E-state index in [2.05, 4.69) is 11.3 Å². The SMILES string of the molecule is C=CC(=O)OC(C)C(C)(C)COC=O. The average Bonchev–Trinajstić information content (AvgIpc) is 2.14. The smallest absolute Gasteiger partial charge is 0.330 e. The normalized spacial score (nSPS) is 12.8. The van der Waals surface area contributed by atoms with Crippen LogP contribution in [-0.2, 0) is 19.1 Å². The molecule has 0 N–H and O–H groups in total. The number of ether oxygens (including phenoxy) is 2. The van der Waals surface area contributed by atoms with Gasteiger partial charge in [0.1, 0.15) is 6.10 Å². The number of hydrogen-bond donors (Lipinski definition) is 0. The summed E-state index contributed by atoms with van der Waals surface area (Å²) in [6, 6.07) is 0. The van der Waals surface area contributed by atoms with E-state index in [0.717, 1.165) is 6.08 Å². The minimum atomic E-state index is -0.475. The van der Waals surface area contributed by atoms with Crippen LogP contribution >= 0.6 is 0 Å². The first kappa shape index (κ1) is 12.7. The molecule has 4 nitrogen and oxygen atoms in total. The molecule has 1 atom stereocenters. The molecule has 14 heavy (non-hydrogen) atoms. The molecule has 0 aliphatic carbocycles. The quantitative estimate of drug-likeness (QED) is 0.368. The maximum atomic E-state index is 10.9. The van der Waals surface area contributed by atoms with Crippen molar-refractivity contribution in [2.45, 2.75) is 26.9 Å². The molecule has 4 heteroatoms. The van der Waals surface area contributed by atoms with Crippen LogP contribution in [0.2, 0.25) is 0 Å². The first-order chi connectivity index (χ1) is 6.44. The van der Waals surface area contributed by atoms with Crippen LogP contribution in [0, 0.1) is 5.41 Å². The maximum absolute atomic E-state index is 10.9. The number of rotatable bonds is 6. The van der Waals surface area contributed by atoms with Gasteiger partial charge in [0.2, 0.25) is 0 Å². The van der Waals surface area contributed by atoms with Gasteiger partial charge < -0.3 is 9.47 Å². The summed E-state index contributed by atoms with van der Waals surface area (Å²) in [4.78, 5) is 20.9. The van der Waals surface area contributed by atoms with Crippen LogP contribution in [-0.4, -0.2) is 25.2 Å². The van der Waals surface area contributed by atoms with Crippen LogP contribution in [0.25, 0.3) is 0 Å². The van der Waals surface area contributed by atoms with Gasteiger partial charge in [0.15, 0.2) is 0 Å². The Bertz CT molecular complexity index is 220. The molecular weight excluding hydrogens is 184 g/mol. The summed E-state index contributed by atoms with van der Waals surface area (Å²) in [6.07, 6.45) is 0.764. The first-order valence-electron chi connectivity index (χ1n) is 4.32. The molecule has 0 aromatic rings. The van der Waals surface area contributed by atoms with Crippen molar-refractivity contribution in [3.05, 3.63) is 12.7 Å². The molecule has 0 rings (SSSR count). The minimum Gasteiger partial charge on any atom is -0.467 e. The van der Waals surface area contributed by atoms with Gasteiger partial charge in [-0.3, -0.25) is 4.79 Å². The van der Waals surface area contributed by atoms with Crippen molar-refractivity contribution in [1.82, 2.24) is 0 Å². The highest BCUT2D eigenvalue weighted by Crippen LogP contribution is 2.23. The van der Waals surface area contributed by atoms with E-state index in [0.29, 0.717) is 6.47 Å². The van der Waals surface area contributed by atoms with Crippen molar-refractivity contribution in [3.8, 4) is 0 Å². The predicted octanol–water partition coefficient (Wildman–Crippen LogP) is 1.30. The molecule has 0 saturated heterocycles. The van der Waals surface area contributed by atoms with E-state index in [1.807, 2.05) is 13.8 Å². The van der Waals surface area contributed by atoms with Gasteiger partial charge in [-0.2, -0.15) is 0 Å². The van der Waals surface area contributed by atoms with Crippen molar-refractivity contribution in [3.63, 3.8) is 0 Å². The first-order valence-corrected chi connectivity index (χ1v) is 4.32. The molecule has 0 aliphatic heterocycles. The van der Waals surface area contributed by atoms with Crippen molar-refractivity contribution < 1.29 is 19.1 Å². The Morgan fingerprint density at radius 1 is 1.57 bits per heavy atom. The average molecular weight is 200 g/mol. The highest BCUT2D eigenvalue weighted by atomic mass is 16.5. The molecule has 0 heterocycles. The Labute approximate surface area is 83.9 Å². The van der Waals surface area contributed by atoms with Crippen LogP contribution in [0.1, 0.15) is 20.8 Å². The number of carbonyl (C=O) groups excluding carboxylic acids is 2. The second-order valence-electron chi connectivity index (χ2n) is 3.68. The van der Waals surface area contributed by atoms with E-state index in [1.54, 1.807) is 6.92 Å². The third kappa shape index (κ3) is 4.07. The van der Waals surface area contributed by atoms with Gasteiger partial charge in [0.05, 0.1) is 6.61 Å². The highest BCUT2D eigenvalue weighted by molar-refractivity contribution is 5.81. The fourth-order valence-corrected chi connectivity index (χ4v) is 0.748. The van der Waals surface area contributed by atoms with Crippen LogP contribution in [0.4, 0.5) is 0 Å². The zero-order valence-corrected chi connectivity index (χ0v) is 8.78. The van der Waals surface area contributed by atoms with Crippen molar-refractivity contribution >= 4 is 12.4 Å². The molecule has 0 bridgehead atoms. The lowest BCUT2D eigenvalue weighted by atomic mass is 9.88. The summed E-state index contributed by atoms with van der Waals surface area (Å²) in [5.74, 6) is -0.475. The van der Waals surface area contributed by atoms with Gasteiger partial charge in [-0.15, -0.1) is 0 Å². The van der Waals surface area contributed by atoms with Crippen molar-refractivity contribution in [1.29, 1.82) is 0 Å². The van der Waals surface area contributed by atoms with Gasteiger partial charge in [-0.05, 0) is 6.92 Å². The monoisotopic (exact) mass is 200 g/mol. The zero-order chi connectivity index (χ0) is 11.2. The number of esters is 1. The second-order valence-corrected chi connectivity index (χ2v) is 3.68. The third-order valence-electron chi connectivity index (χ3n) is 2.08. The van der Waals surface area contributed by atoms with E-state index in [4.69, 9.17) is 4.74 Å². The summed E-state index contributed by atoms with van der Waals surface area (Å²) in [5.41, 5.74) is -0.403. The predicted molar refractivity (Wildman–Crippen MR) is 51.5 cm³/mol. The molecule has 0 spiro atoms. The van der Waals surface area contributed by atoms with Crippen molar-refractivity contribution in [2.75, 3.05) is 6.61 Å². The third-order valence-corrected chi connectivity index (χ3v) is 2.08. The van der Waals surface area contributed by atoms with E-state index in [9.17, 15) is 9.59 Å². The number of carbonyl (C=O) groups is 2. The van der Waals surface area contributed by atoms with Crippen LogP contribution in [0.15, 0.2) is 12.7 Å². The van der Waals surface area contributed by atoms with Crippen molar-refractivity contribution in [2.24, 2.45) is 5.41 Å². The molecule has 80 valence electrons. The number of hydrogen-bond acceptors (Lipinski definition) is 4. The van der Waals surface area contributed by atoms with Gasteiger partial charge in [0, 0.05) is 11.5 Å². The van der Waals surface area contributed by atoms with Crippen LogP contribution in [0.5, 0.6) is 0 Å². The van der Waals surface area contributed by atoms with Gasteiger partial charge >= 0.3 is 5.97 Å². The standard InChI is InChI=1S/C10H16O4/c1-5-9(12)14-8(2)10(3,4)6-13-7-11/h5,7-8H,1,6H2,2-4H3. The van der Waals surface area contributed by atoms with E-state index in [1.165, 1.54) is 0 Å². The Morgan fingerprint density at radius 2 is 2.14 bits per heavy atom. The summed E-state index contributed by atoms with van der Waals surface area (Å²) in [6.45, 7) is 9.32. The highest BCUT2D eigenvalue weighted by Gasteiger charge is 2.29. The molecule has 0 aromatic heterocycles. The summed E-state index contributed by atoms with van der Waals surface area (Å²) in [7, 11) is 0. The van der Waals surface area contributed by atoms with Crippen LogP contribution < -0.4 is 0 Å². The summed E-state index contributed by atoms with van der Waals surface area (Å²) in [5, 5.41) is 0. The Kier molecular flexibility index (Phi) is 4.91. The molecule has 1 unspecified atom stereocenters. The lowest BCUT2D eigenvalue weighted by Gasteiger charge is -2.29. The molecule has 0 fully saturated rings. The van der Waals surface area contributed by atoms with E-state index < -0.39 is 11.4 Å². The maximum Gasteiger partial charge on any atom is 0.330 e. The zero-order valence-electron chi connectivity index (χ0n) is 8.78. The second kappa shape index (κ2) is 5.42. The Morgan fingerprint density at radius 3 is 2.57 bits per heavy atom. The van der Waals surface area contributed by atoms with Gasteiger partial charge in [0.25, 0.3) is 6.47 Å². The van der Waals surface area contributed by atoms with E-state index in [-0.39, 0.29) is 12.7 Å². The lowest BCUT2D eigenvalue weighted by molar-refractivity contribution is -0.151. The van der Waals surface area contributed by atoms with E-state index >= 15 is 0 Å². The molecule has 0 saturated carbocycles.